The fourth-order valence-electron chi connectivity index (χ4n) is 1.97. The topological polar surface area (TPSA) is 94.1 Å². The molecule has 0 aliphatic carbocycles. The van der Waals surface area contributed by atoms with Gasteiger partial charge in [0, 0.05) is 0 Å². The number of carbonyl (C=O) groups is 2. The maximum absolute atomic E-state index is 11.7. The first-order valence-corrected chi connectivity index (χ1v) is 7.77. The van der Waals surface area contributed by atoms with Gasteiger partial charge in [-0.05, 0) is 44.9 Å². The van der Waals surface area contributed by atoms with Crippen LogP contribution < -0.4 is 14.8 Å². The molecule has 7 nitrogen and oxygen atoms in total. The van der Waals surface area contributed by atoms with E-state index in [1.54, 1.807) is 52.2 Å². The third kappa shape index (κ3) is 7.15. The van der Waals surface area contributed by atoms with Crippen molar-refractivity contribution >= 4 is 18.1 Å². The molecule has 1 aromatic rings. The first kappa shape index (κ1) is 20.3. The Bertz CT molecular complexity index is 633. The standard InChI is InChI=1S/C18H25NO6/c1-18(2,3)25-17(22)19-13(16(20)21)8-6-7-12-9-10-14(23-4)15(11-12)24-5/h6-7,9-11,13H,8H2,1-5H3,(H,19,22)(H,20,21). The van der Waals surface area contributed by atoms with E-state index in [2.05, 4.69) is 5.32 Å². The van der Waals surface area contributed by atoms with Gasteiger partial charge in [-0.3, -0.25) is 0 Å². The van der Waals surface area contributed by atoms with Crippen molar-refractivity contribution in [1.82, 2.24) is 5.32 Å². The van der Waals surface area contributed by atoms with Crippen LogP contribution in [-0.2, 0) is 9.53 Å². The van der Waals surface area contributed by atoms with E-state index in [1.807, 2.05) is 6.07 Å². The molecule has 0 bridgehead atoms. The fourth-order valence-corrected chi connectivity index (χ4v) is 1.97. The lowest BCUT2D eigenvalue weighted by Crippen LogP contribution is -2.43. The fraction of sp³-hybridized carbons (Fsp3) is 0.444. The van der Waals surface area contributed by atoms with Crippen LogP contribution in [-0.4, -0.2) is 43.0 Å². The monoisotopic (exact) mass is 351 g/mol. The highest BCUT2D eigenvalue weighted by atomic mass is 16.6. The summed E-state index contributed by atoms with van der Waals surface area (Å²) in [7, 11) is 3.09. The van der Waals surface area contributed by atoms with Gasteiger partial charge in [-0.15, -0.1) is 0 Å². The average molecular weight is 351 g/mol. The Labute approximate surface area is 147 Å². The second-order valence-corrected chi connectivity index (χ2v) is 6.29. The van der Waals surface area contributed by atoms with E-state index >= 15 is 0 Å². The summed E-state index contributed by atoms with van der Waals surface area (Å²) in [5, 5.41) is 11.6. The Kier molecular flexibility index (Phi) is 7.29. The van der Waals surface area contributed by atoms with Crippen molar-refractivity contribution in [3.05, 3.63) is 29.8 Å². The van der Waals surface area contributed by atoms with E-state index in [4.69, 9.17) is 14.2 Å². The van der Waals surface area contributed by atoms with E-state index in [9.17, 15) is 14.7 Å². The lowest BCUT2D eigenvalue weighted by molar-refractivity contribution is -0.139. The number of nitrogens with one attached hydrogen (secondary N) is 1. The van der Waals surface area contributed by atoms with Gasteiger partial charge < -0.3 is 24.6 Å². The van der Waals surface area contributed by atoms with Crippen LogP contribution in [0.25, 0.3) is 6.08 Å². The first-order valence-electron chi connectivity index (χ1n) is 7.77. The van der Waals surface area contributed by atoms with Crippen molar-refractivity contribution in [1.29, 1.82) is 0 Å². The molecule has 1 rings (SSSR count). The molecule has 25 heavy (non-hydrogen) atoms. The highest BCUT2D eigenvalue weighted by molar-refractivity contribution is 5.80. The molecular formula is C18H25NO6. The Morgan fingerprint density at radius 2 is 1.84 bits per heavy atom. The van der Waals surface area contributed by atoms with Crippen molar-refractivity contribution in [2.75, 3.05) is 14.2 Å². The van der Waals surface area contributed by atoms with Crippen molar-refractivity contribution in [3.63, 3.8) is 0 Å². The molecule has 0 saturated carbocycles. The summed E-state index contributed by atoms with van der Waals surface area (Å²) < 4.78 is 15.4. The molecule has 0 heterocycles. The second kappa shape index (κ2) is 8.96. The summed E-state index contributed by atoms with van der Waals surface area (Å²) in [5.41, 5.74) is 0.127. The molecule has 1 unspecified atom stereocenters. The summed E-state index contributed by atoms with van der Waals surface area (Å²) in [5.74, 6) is 0.0452. The Morgan fingerprint density at radius 1 is 1.20 bits per heavy atom. The number of carbonyl (C=O) groups excluding carboxylic acids is 1. The maximum atomic E-state index is 11.7. The molecule has 0 saturated heterocycles. The molecule has 0 radical (unpaired) electrons. The number of alkyl carbamates (subject to hydrolysis) is 1. The third-order valence-corrected chi connectivity index (χ3v) is 3.08. The molecule has 1 atom stereocenters. The van der Waals surface area contributed by atoms with Crippen molar-refractivity contribution < 1.29 is 28.9 Å². The van der Waals surface area contributed by atoms with E-state index in [-0.39, 0.29) is 6.42 Å². The van der Waals surface area contributed by atoms with Crippen LogP contribution in [0.1, 0.15) is 32.8 Å². The van der Waals surface area contributed by atoms with Gasteiger partial charge in [0.15, 0.2) is 11.5 Å². The first-order chi connectivity index (χ1) is 11.7. The van der Waals surface area contributed by atoms with Crippen LogP contribution in [0.5, 0.6) is 11.5 Å². The predicted molar refractivity (Wildman–Crippen MR) is 94.0 cm³/mol. The van der Waals surface area contributed by atoms with Gasteiger partial charge in [0.05, 0.1) is 14.2 Å². The number of ether oxygens (including phenoxy) is 3. The van der Waals surface area contributed by atoms with Gasteiger partial charge in [-0.2, -0.15) is 0 Å². The number of rotatable bonds is 7. The summed E-state index contributed by atoms with van der Waals surface area (Å²) in [6.45, 7) is 5.12. The number of amides is 1. The summed E-state index contributed by atoms with van der Waals surface area (Å²) in [4.78, 5) is 23.0. The van der Waals surface area contributed by atoms with Gasteiger partial charge in [0.25, 0.3) is 0 Å². The van der Waals surface area contributed by atoms with Gasteiger partial charge in [-0.1, -0.05) is 18.2 Å². The largest absolute Gasteiger partial charge is 0.493 e. The van der Waals surface area contributed by atoms with E-state index < -0.39 is 23.7 Å². The van der Waals surface area contributed by atoms with Crippen LogP contribution in [0.2, 0.25) is 0 Å². The third-order valence-electron chi connectivity index (χ3n) is 3.08. The van der Waals surface area contributed by atoms with Gasteiger partial charge in [-0.25, -0.2) is 9.59 Å². The lowest BCUT2D eigenvalue weighted by Gasteiger charge is -2.21. The molecular weight excluding hydrogens is 326 g/mol. The normalized spacial score (nSPS) is 12.5. The molecule has 1 amide bonds. The van der Waals surface area contributed by atoms with Crippen LogP contribution in [0.3, 0.4) is 0 Å². The van der Waals surface area contributed by atoms with Crippen LogP contribution in [0.15, 0.2) is 24.3 Å². The van der Waals surface area contributed by atoms with Crippen LogP contribution in [0, 0.1) is 0 Å². The molecule has 0 aliphatic rings. The molecule has 0 aromatic heterocycles. The molecule has 0 fully saturated rings. The molecule has 1 aromatic carbocycles. The minimum Gasteiger partial charge on any atom is -0.493 e. The smallest absolute Gasteiger partial charge is 0.408 e. The zero-order valence-electron chi connectivity index (χ0n) is 15.2. The molecule has 0 spiro atoms. The molecule has 2 N–H and O–H groups in total. The number of hydrogen-bond acceptors (Lipinski definition) is 5. The second-order valence-electron chi connectivity index (χ2n) is 6.29. The number of benzene rings is 1. The van der Waals surface area contributed by atoms with Crippen LogP contribution >= 0.6 is 0 Å². The minimum absolute atomic E-state index is 0.114. The zero-order valence-corrected chi connectivity index (χ0v) is 15.2. The number of aliphatic carboxylic acids is 1. The van der Waals surface area contributed by atoms with Gasteiger partial charge >= 0.3 is 12.1 Å². The van der Waals surface area contributed by atoms with Gasteiger partial charge in [0.2, 0.25) is 0 Å². The number of carboxylic acid groups (broad SMARTS) is 1. The van der Waals surface area contributed by atoms with Gasteiger partial charge in [0.1, 0.15) is 11.6 Å². The average Bonchev–Trinajstić information content (AvgIpc) is 2.51. The quantitative estimate of drug-likeness (QED) is 0.784. The Balaban J connectivity index is 2.73. The lowest BCUT2D eigenvalue weighted by atomic mass is 10.1. The highest BCUT2D eigenvalue weighted by Gasteiger charge is 2.22. The number of methoxy groups -OCH3 is 2. The molecule has 138 valence electrons. The Morgan fingerprint density at radius 3 is 2.36 bits per heavy atom. The summed E-state index contributed by atoms with van der Waals surface area (Å²) >= 11 is 0. The molecule has 7 heteroatoms. The summed E-state index contributed by atoms with van der Waals surface area (Å²) in [6.07, 6.45) is 2.76. The molecule has 0 aliphatic heterocycles. The van der Waals surface area contributed by atoms with E-state index in [0.29, 0.717) is 11.5 Å². The van der Waals surface area contributed by atoms with E-state index in [1.165, 1.54) is 7.11 Å². The van der Waals surface area contributed by atoms with Crippen molar-refractivity contribution in [2.24, 2.45) is 0 Å². The number of carboxylic acids is 1. The minimum atomic E-state index is -1.14. The van der Waals surface area contributed by atoms with E-state index in [0.717, 1.165) is 5.56 Å². The summed E-state index contributed by atoms with van der Waals surface area (Å²) in [6, 6.07) is 4.26. The van der Waals surface area contributed by atoms with Crippen molar-refractivity contribution in [2.45, 2.75) is 38.8 Å². The zero-order chi connectivity index (χ0) is 19.0. The predicted octanol–water partition coefficient (Wildman–Crippen LogP) is 3.09. The van der Waals surface area contributed by atoms with Crippen molar-refractivity contribution in [3.8, 4) is 11.5 Å². The van der Waals surface area contributed by atoms with Crippen LogP contribution in [0.4, 0.5) is 4.79 Å². The maximum Gasteiger partial charge on any atom is 0.408 e. The SMILES string of the molecule is COc1ccc(C=CCC(NC(=O)OC(C)(C)C)C(=O)O)cc1OC. The number of hydrogen-bond donors (Lipinski definition) is 2. The Hall–Kier alpha value is -2.70. The highest BCUT2D eigenvalue weighted by Crippen LogP contribution is 2.28.